The fourth-order valence-corrected chi connectivity index (χ4v) is 4.21. The number of aromatic nitrogens is 2. The van der Waals surface area contributed by atoms with Gasteiger partial charge in [0.1, 0.15) is 23.1 Å². The first kappa shape index (κ1) is 29.7. The summed E-state index contributed by atoms with van der Waals surface area (Å²) in [5.74, 6) is 0.147. The van der Waals surface area contributed by atoms with Gasteiger partial charge in [0.05, 0.1) is 16.6 Å². The summed E-state index contributed by atoms with van der Waals surface area (Å²) in [6.07, 6.45) is 3.41. The second kappa shape index (κ2) is 12.8. The molecule has 1 unspecified atom stereocenters. The molecule has 1 atom stereocenters. The fraction of sp³-hybridized carbons (Fsp3) is 0.433. The van der Waals surface area contributed by atoms with Gasteiger partial charge in [-0.25, -0.2) is 13.8 Å². The molecule has 206 valence electrons. The highest BCUT2D eigenvalue weighted by atomic mass is 35.5. The monoisotopic (exact) mass is 544 g/mol. The number of nitrogens with zero attached hydrogens (tertiary/aromatic N) is 2. The molecule has 0 aliphatic carbocycles. The van der Waals surface area contributed by atoms with Crippen molar-refractivity contribution < 1.29 is 13.5 Å². The van der Waals surface area contributed by atoms with Gasteiger partial charge in [-0.3, -0.25) is 0 Å². The molecule has 0 amide bonds. The van der Waals surface area contributed by atoms with E-state index in [9.17, 15) is 8.78 Å². The number of ether oxygens (including phenoxy) is 1. The molecule has 0 aliphatic rings. The van der Waals surface area contributed by atoms with E-state index < -0.39 is 16.5 Å². The Morgan fingerprint density at radius 3 is 2.47 bits per heavy atom. The van der Waals surface area contributed by atoms with Gasteiger partial charge >= 0.3 is 0 Å². The number of nitrogens with one attached hydrogen (secondary N) is 2. The molecule has 2 aromatic carbocycles. The van der Waals surface area contributed by atoms with E-state index in [0.29, 0.717) is 37.0 Å². The van der Waals surface area contributed by atoms with Crippen LogP contribution in [-0.4, -0.2) is 33.1 Å². The number of imidazole rings is 1. The third-order valence-corrected chi connectivity index (χ3v) is 6.65. The maximum absolute atomic E-state index is 14.7. The van der Waals surface area contributed by atoms with E-state index in [4.69, 9.17) is 21.3 Å². The summed E-state index contributed by atoms with van der Waals surface area (Å²) in [5.41, 5.74) is 1.25. The lowest BCUT2D eigenvalue weighted by Gasteiger charge is -2.30. The predicted octanol–water partition coefficient (Wildman–Crippen LogP) is 7.18. The number of benzene rings is 2. The van der Waals surface area contributed by atoms with Gasteiger partial charge in [-0.1, -0.05) is 37.3 Å². The van der Waals surface area contributed by atoms with Crippen molar-refractivity contribution in [3.8, 4) is 11.3 Å². The van der Waals surface area contributed by atoms with Crippen molar-refractivity contribution >= 4 is 11.6 Å². The zero-order chi connectivity index (χ0) is 27.9. The molecule has 0 radical (unpaired) electrons. The first-order valence-corrected chi connectivity index (χ1v) is 13.4. The van der Waals surface area contributed by atoms with E-state index in [0.717, 1.165) is 30.5 Å². The Balaban J connectivity index is 1.81. The molecule has 3 rings (SSSR count). The zero-order valence-corrected chi connectivity index (χ0v) is 23.7. The lowest BCUT2D eigenvalue weighted by Crippen LogP contribution is -2.38. The first-order valence-electron chi connectivity index (χ1n) is 13.0. The largest absolute Gasteiger partial charge is 0.474 e. The highest BCUT2D eigenvalue weighted by molar-refractivity contribution is 6.23. The lowest BCUT2D eigenvalue weighted by atomic mass is 10.0. The summed E-state index contributed by atoms with van der Waals surface area (Å²) >= 11 is 6.87. The quantitative estimate of drug-likeness (QED) is 0.128. The highest BCUT2D eigenvalue weighted by Gasteiger charge is 2.33. The molecule has 5 nitrogen and oxygen atoms in total. The van der Waals surface area contributed by atoms with Crippen molar-refractivity contribution in [1.82, 2.24) is 20.2 Å². The van der Waals surface area contributed by atoms with Crippen LogP contribution in [0.25, 0.3) is 11.3 Å². The molecule has 0 fully saturated rings. The van der Waals surface area contributed by atoms with Gasteiger partial charge in [-0.05, 0) is 77.4 Å². The van der Waals surface area contributed by atoms with E-state index in [1.807, 2.05) is 62.6 Å². The molecular formula is C30H39ClF2N4O. The van der Waals surface area contributed by atoms with Crippen molar-refractivity contribution in [1.29, 1.82) is 0 Å². The lowest BCUT2D eigenvalue weighted by molar-refractivity contribution is 0.0220. The second-order valence-corrected chi connectivity index (χ2v) is 11.6. The topological polar surface area (TPSA) is 51.1 Å². The van der Waals surface area contributed by atoms with Crippen LogP contribution >= 0.6 is 11.6 Å². The third kappa shape index (κ3) is 8.30. The molecule has 0 aliphatic heterocycles. The SMILES string of the molecule is C=C(NCCCNC(c1nc(-c2cc(F)ccc2F)cn1Cc1ccccc1)C(C)(C)Cl)OC(C)(C)CC. The van der Waals surface area contributed by atoms with Crippen LogP contribution in [0.15, 0.2) is 67.2 Å². The van der Waals surface area contributed by atoms with Gasteiger partial charge < -0.3 is 19.9 Å². The molecule has 2 N–H and O–H groups in total. The van der Waals surface area contributed by atoms with Gasteiger partial charge in [0.2, 0.25) is 0 Å². The van der Waals surface area contributed by atoms with Gasteiger partial charge in [-0.15, -0.1) is 11.6 Å². The van der Waals surface area contributed by atoms with Crippen LogP contribution in [0.1, 0.15) is 64.9 Å². The van der Waals surface area contributed by atoms with E-state index in [-0.39, 0.29) is 17.2 Å². The second-order valence-electron chi connectivity index (χ2n) is 10.6. The third-order valence-electron chi connectivity index (χ3n) is 6.43. The van der Waals surface area contributed by atoms with Crippen LogP contribution in [-0.2, 0) is 11.3 Å². The molecule has 3 aromatic rings. The van der Waals surface area contributed by atoms with Crippen LogP contribution in [0.2, 0.25) is 0 Å². The van der Waals surface area contributed by atoms with Crippen LogP contribution in [0, 0.1) is 11.6 Å². The molecule has 8 heteroatoms. The van der Waals surface area contributed by atoms with E-state index in [1.54, 1.807) is 6.20 Å². The highest BCUT2D eigenvalue weighted by Crippen LogP contribution is 2.34. The smallest absolute Gasteiger partial charge is 0.179 e. The van der Waals surface area contributed by atoms with Crippen LogP contribution in [0.3, 0.4) is 0 Å². The average molecular weight is 545 g/mol. The minimum absolute atomic E-state index is 0.113. The summed E-state index contributed by atoms with van der Waals surface area (Å²) in [6.45, 7) is 15.7. The normalized spacial score (nSPS) is 12.8. The van der Waals surface area contributed by atoms with Crippen molar-refractivity contribution in [3.63, 3.8) is 0 Å². The molecule has 0 spiro atoms. The summed E-state index contributed by atoms with van der Waals surface area (Å²) in [7, 11) is 0. The van der Waals surface area contributed by atoms with E-state index in [2.05, 4.69) is 24.1 Å². The van der Waals surface area contributed by atoms with Crippen LogP contribution in [0.4, 0.5) is 8.78 Å². The van der Waals surface area contributed by atoms with Crippen molar-refractivity contribution in [2.45, 2.75) is 70.5 Å². The Hall–Kier alpha value is -2.90. The molecule has 1 aromatic heterocycles. The number of rotatable bonds is 14. The first-order chi connectivity index (χ1) is 17.9. The zero-order valence-electron chi connectivity index (χ0n) is 23.0. The predicted molar refractivity (Wildman–Crippen MR) is 151 cm³/mol. The van der Waals surface area contributed by atoms with Gasteiger partial charge in [0, 0.05) is 24.8 Å². The molecule has 1 heterocycles. The van der Waals surface area contributed by atoms with E-state index in [1.165, 1.54) is 6.07 Å². The number of hydrogen-bond donors (Lipinski definition) is 2. The minimum atomic E-state index is -0.719. The molecule has 0 bridgehead atoms. The van der Waals surface area contributed by atoms with Crippen LogP contribution in [0.5, 0.6) is 0 Å². The van der Waals surface area contributed by atoms with Crippen molar-refractivity contribution in [2.75, 3.05) is 13.1 Å². The molecular weight excluding hydrogens is 506 g/mol. The van der Waals surface area contributed by atoms with Gasteiger partial charge in [0.15, 0.2) is 5.88 Å². The summed E-state index contributed by atoms with van der Waals surface area (Å²) < 4.78 is 36.5. The molecule has 38 heavy (non-hydrogen) atoms. The summed E-state index contributed by atoms with van der Waals surface area (Å²) in [4.78, 5) is 4.06. The molecule has 0 saturated heterocycles. The van der Waals surface area contributed by atoms with Gasteiger partial charge in [0.25, 0.3) is 0 Å². The Bertz CT molecular complexity index is 1200. The summed E-state index contributed by atoms with van der Waals surface area (Å²) in [6, 6.07) is 12.9. The number of hydrogen-bond acceptors (Lipinski definition) is 4. The van der Waals surface area contributed by atoms with Crippen molar-refractivity contribution in [3.05, 3.63) is 90.2 Å². The Morgan fingerprint density at radius 2 is 1.82 bits per heavy atom. The maximum atomic E-state index is 14.7. The standard InChI is InChI=1S/C30H39ClF2N4O/c1-7-29(3,4)38-21(2)34-16-11-17-35-27(30(5,6)31)28-36-26(24-18-23(32)14-15-25(24)33)20-37(28)19-22-12-9-8-10-13-22/h8-10,12-15,18,20,27,34-35H,2,7,11,16-17,19H2,1,3-6H3. The Labute approximate surface area is 230 Å². The number of alkyl halides is 1. The van der Waals surface area contributed by atoms with Crippen molar-refractivity contribution in [2.24, 2.45) is 0 Å². The number of halogens is 3. The van der Waals surface area contributed by atoms with Gasteiger partial charge in [-0.2, -0.15) is 0 Å². The average Bonchev–Trinajstić information content (AvgIpc) is 3.25. The van der Waals surface area contributed by atoms with Crippen LogP contribution < -0.4 is 10.6 Å². The Kier molecular flexibility index (Phi) is 9.96. The maximum Gasteiger partial charge on any atom is 0.179 e. The Morgan fingerprint density at radius 1 is 1.11 bits per heavy atom. The van der Waals surface area contributed by atoms with E-state index >= 15 is 0 Å². The molecule has 0 saturated carbocycles. The minimum Gasteiger partial charge on any atom is -0.474 e. The summed E-state index contributed by atoms with van der Waals surface area (Å²) in [5, 5.41) is 6.75. The fourth-order valence-electron chi connectivity index (χ4n) is 4.04.